The second kappa shape index (κ2) is 7.75. The van der Waals surface area contributed by atoms with Crippen LogP contribution in [-0.4, -0.2) is 17.1 Å². The molecule has 0 N–H and O–H groups in total. The van der Waals surface area contributed by atoms with Crippen molar-refractivity contribution in [1.82, 2.24) is 9.97 Å². The van der Waals surface area contributed by atoms with Crippen molar-refractivity contribution in [3.63, 3.8) is 0 Å². The van der Waals surface area contributed by atoms with Crippen LogP contribution in [-0.2, 0) is 13.0 Å². The smallest absolute Gasteiger partial charge is 0.217 e. The first-order chi connectivity index (χ1) is 12.2. The summed E-state index contributed by atoms with van der Waals surface area (Å²) in [5.74, 6) is 1.38. The highest BCUT2D eigenvalue weighted by molar-refractivity contribution is 5.55. The number of methoxy groups -OCH3 is 1. The minimum absolute atomic E-state index is 0.318. The van der Waals surface area contributed by atoms with Crippen LogP contribution < -0.4 is 9.47 Å². The molecule has 0 saturated carbocycles. The van der Waals surface area contributed by atoms with E-state index in [1.54, 1.807) is 19.2 Å². The molecule has 0 aliphatic rings. The number of halogens is 1. The van der Waals surface area contributed by atoms with E-state index >= 15 is 0 Å². The molecule has 0 fully saturated rings. The summed E-state index contributed by atoms with van der Waals surface area (Å²) < 4.78 is 24.5. The second-order valence-electron chi connectivity index (χ2n) is 5.53. The molecule has 0 spiro atoms. The molecule has 3 aromatic rings. The zero-order chi connectivity index (χ0) is 17.6. The summed E-state index contributed by atoms with van der Waals surface area (Å²) in [5.41, 5.74) is 2.44. The Balaban J connectivity index is 1.84. The van der Waals surface area contributed by atoms with Crippen LogP contribution in [0.3, 0.4) is 0 Å². The van der Waals surface area contributed by atoms with Gasteiger partial charge in [0.05, 0.1) is 7.11 Å². The maximum atomic E-state index is 13.5. The number of rotatable bonds is 6. The van der Waals surface area contributed by atoms with E-state index in [-0.39, 0.29) is 5.82 Å². The van der Waals surface area contributed by atoms with Gasteiger partial charge in [-0.25, -0.2) is 9.37 Å². The number of aryl methyl sites for hydroxylation is 1. The van der Waals surface area contributed by atoms with E-state index in [9.17, 15) is 4.39 Å². The van der Waals surface area contributed by atoms with Gasteiger partial charge in [0.2, 0.25) is 5.88 Å². The quantitative estimate of drug-likeness (QED) is 0.667. The van der Waals surface area contributed by atoms with Crippen molar-refractivity contribution in [3.05, 3.63) is 71.7 Å². The summed E-state index contributed by atoms with van der Waals surface area (Å²) in [7, 11) is 1.63. The van der Waals surface area contributed by atoms with Gasteiger partial charge in [-0.15, -0.1) is 0 Å². The summed E-state index contributed by atoms with van der Waals surface area (Å²) in [6, 6.07) is 15.7. The fraction of sp³-hybridized carbons (Fsp3) is 0.200. The summed E-state index contributed by atoms with van der Waals surface area (Å²) >= 11 is 0. The topological polar surface area (TPSA) is 44.2 Å². The fourth-order valence-corrected chi connectivity index (χ4v) is 2.40. The first kappa shape index (κ1) is 16.9. The summed E-state index contributed by atoms with van der Waals surface area (Å²) in [4.78, 5) is 8.89. The van der Waals surface area contributed by atoms with Crippen LogP contribution in [0.15, 0.2) is 54.6 Å². The minimum atomic E-state index is -0.318. The molecule has 0 bridgehead atoms. The van der Waals surface area contributed by atoms with Gasteiger partial charge in [-0.1, -0.05) is 31.2 Å². The number of hydrogen-bond donors (Lipinski definition) is 0. The Labute approximate surface area is 146 Å². The van der Waals surface area contributed by atoms with Crippen molar-refractivity contribution in [3.8, 4) is 23.0 Å². The Hall–Kier alpha value is -2.95. The van der Waals surface area contributed by atoms with Crippen molar-refractivity contribution in [2.75, 3.05) is 7.11 Å². The zero-order valence-electron chi connectivity index (χ0n) is 14.2. The van der Waals surface area contributed by atoms with E-state index in [1.165, 1.54) is 12.1 Å². The molecule has 0 saturated heterocycles. The molecule has 1 aromatic heterocycles. The molecule has 0 amide bonds. The van der Waals surface area contributed by atoms with Gasteiger partial charge in [-0.3, -0.25) is 0 Å². The molecule has 0 unspecified atom stereocenters. The van der Waals surface area contributed by atoms with Crippen molar-refractivity contribution in [2.24, 2.45) is 0 Å². The molecule has 0 aliphatic carbocycles. The monoisotopic (exact) mass is 338 g/mol. The Kier molecular flexibility index (Phi) is 5.23. The van der Waals surface area contributed by atoms with Crippen molar-refractivity contribution in [2.45, 2.75) is 20.0 Å². The number of benzene rings is 2. The van der Waals surface area contributed by atoms with Crippen LogP contribution in [0.25, 0.3) is 11.4 Å². The summed E-state index contributed by atoms with van der Waals surface area (Å²) in [6.07, 6.45) is 0.736. The van der Waals surface area contributed by atoms with Gasteiger partial charge in [0.1, 0.15) is 18.2 Å². The van der Waals surface area contributed by atoms with Gasteiger partial charge in [-0.2, -0.15) is 4.98 Å². The molecular formula is C20H19FN2O2. The Morgan fingerprint density at radius 2 is 1.84 bits per heavy atom. The van der Waals surface area contributed by atoms with Crippen LogP contribution in [0.5, 0.6) is 11.6 Å². The lowest BCUT2D eigenvalue weighted by Crippen LogP contribution is -2.02. The number of hydrogen-bond acceptors (Lipinski definition) is 4. The van der Waals surface area contributed by atoms with Crippen molar-refractivity contribution >= 4 is 0 Å². The standard InChI is InChI=1S/C20H19FN2O2/c1-3-17-12-19(25-13-14-6-4-9-18(10-14)24-2)23-20(22-17)15-7-5-8-16(21)11-15/h4-12H,3,13H2,1-2H3. The van der Waals surface area contributed by atoms with Gasteiger partial charge in [0.25, 0.3) is 0 Å². The predicted molar refractivity (Wildman–Crippen MR) is 94.1 cm³/mol. The Bertz CT molecular complexity index is 868. The molecule has 1 heterocycles. The van der Waals surface area contributed by atoms with Gasteiger partial charge < -0.3 is 9.47 Å². The lowest BCUT2D eigenvalue weighted by Gasteiger charge is -2.10. The minimum Gasteiger partial charge on any atom is -0.497 e. The van der Waals surface area contributed by atoms with Gasteiger partial charge in [0, 0.05) is 17.3 Å². The zero-order valence-corrected chi connectivity index (χ0v) is 14.2. The summed E-state index contributed by atoms with van der Waals surface area (Å²) in [6.45, 7) is 2.36. The van der Waals surface area contributed by atoms with Gasteiger partial charge >= 0.3 is 0 Å². The molecule has 0 atom stereocenters. The highest BCUT2D eigenvalue weighted by Gasteiger charge is 2.08. The lowest BCUT2D eigenvalue weighted by molar-refractivity contribution is 0.292. The maximum absolute atomic E-state index is 13.5. The fourth-order valence-electron chi connectivity index (χ4n) is 2.40. The average Bonchev–Trinajstić information content (AvgIpc) is 2.66. The van der Waals surface area contributed by atoms with Gasteiger partial charge in [0.15, 0.2) is 5.82 Å². The van der Waals surface area contributed by atoms with Crippen LogP contribution in [0.4, 0.5) is 4.39 Å². The van der Waals surface area contributed by atoms with Crippen LogP contribution in [0.1, 0.15) is 18.2 Å². The predicted octanol–water partition coefficient (Wildman–Crippen LogP) is 4.43. The molecule has 128 valence electrons. The highest BCUT2D eigenvalue weighted by Crippen LogP contribution is 2.21. The van der Waals surface area contributed by atoms with Crippen molar-refractivity contribution in [1.29, 1.82) is 0 Å². The second-order valence-corrected chi connectivity index (χ2v) is 5.53. The first-order valence-corrected chi connectivity index (χ1v) is 8.07. The molecule has 5 heteroatoms. The number of aromatic nitrogens is 2. The summed E-state index contributed by atoms with van der Waals surface area (Å²) in [5, 5.41) is 0. The molecule has 4 nitrogen and oxygen atoms in total. The van der Waals surface area contributed by atoms with Crippen molar-refractivity contribution < 1.29 is 13.9 Å². The average molecular weight is 338 g/mol. The Morgan fingerprint density at radius 1 is 1.00 bits per heavy atom. The maximum Gasteiger partial charge on any atom is 0.217 e. The lowest BCUT2D eigenvalue weighted by atomic mass is 10.2. The first-order valence-electron chi connectivity index (χ1n) is 8.07. The molecule has 0 aliphatic heterocycles. The third-order valence-electron chi connectivity index (χ3n) is 3.72. The van der Waals surface area contributed by atoms with E-state index in [0.717, 1.165) is 23.4 Å². The van der Waals surface area contributed by atoms with Gasteiger partial charge in [-0.05, 0) is 36.2 Å². The Morgan fingerprint density at radius 3 is 2.60 bits per heavy atom. The third kappa shape index (κ3) is 4.32. The molecule has 3 rings (SSSR count). The van der Waals surface area contributed by atoms with Crippen LogP contribution in [0.2, 0.25) is 0 Å². The normalized spacial score (nSPS) is 10.5. The van der Waals surface area contributed by atoms with E-state index in [1.807, 2.05) is 37.3 Å². The molecule has 0 radical (unpaired) electrons. The molecule has 2 aromatic carbocycles. The van der Waals surface area contributed by atoms with E-state index in [2.05, 4.69) is 9.97 Å². The molecular weight excluding hydrogens is 319 g/mol. The van der Waals surface area contributed by atoms with E-state index in [0.29, 0.717) is 23.9 Å². The van der Waals surface area contributed by atoms with Crippen LogP contribution in [0, 0.1) is 5.82 Å². The largest absolute Gasteiger partial charge is 0.497 e. The third-order valence-corrected chi connectivity index (χ3v) is 3.72. The highest BCUT2D eigenvalue weighted by atomic mass is 19.1. The molecule has 25 heavy (non-hydrogen) atoms. The van der Waals surface area contributed by atoms with E-state index in [4.69, 9.17) is 9.47 Å². The van der Waals surface area contributed by atoms with Crippen LogP contribution >= 0.6 is 0 Å². The number of nitrogens with zero attached hydrogens (tertiary/aromatic N) is 2. The number of ether oxygens (including phenoxy) is 2. The van der Waals surface area contributed by atoms with E-state index < -0.39 is 0 Å². The SMILES string of the molecule is CCc1cc(OCc2cccc(OC)c2)nc(-c2cccc(F)c2)n1.